The zero-order valence-corrected chi connectivity index (χ0v) is 9.67. The van der Waals surface area contributed by atoms with E-state index in [2.05, 4.69) is 10.3 Å². The molecular formula is C9H11Cl2FN2. The van der Waals surface area contributed by atoms with Gasteiger partial charge in [0.05, 0.1) is 0 Å². The molecule has 78 valence electrons. The van der Waals surface area contributed by atoms with Crippen LogP contribution >= 0.6 is 23.2 Å². The number of pyridine rings is 1. The highest BCUT2D eigenvalue weighted by Crippen LogP contribution is 2.28. The van der Waals surface area contributed by atoms with Crippen LogP contribution in [0.25, 0.3) is 0 Å². The van der Waals surface area contributed by atoms with Crippen LogP contribution in [-0.4, -0.2) is 12.0 Å². The standard InChI is InChI=1S/C9H11Cl2FN2/c1-9(2,13-3)5-4-6(12)8(11)14-7(5)10/h4,13H,1-3H3. The molecule has 0 aliphatic heterocycles. The van der Waals surface area contributed by atoms with E-state index in [0.29, 0.717) is 5.56 Å². The monoisotopic (exact) mass is 236 g/mol. The summed E-state index contributed by atoms with van der Waals surface area (Å²) in [5.74, 6) is -0.561. The zero-order chi connectivity index (χ0) is 10.9. The molecule has 0 radical (unpaired) electrons. The lowest BCUT2D eigenvalue weighted by Crippen LogP contribution is -2.33. The van der Waals surface area contributed by atoms with E-state index in [4.69, 9.17) is 23.2 Å². The van der Waals surface area contributed by atoms with Crippen molar-refractivity contribution in [1.29, 1.82) is 0 Å². The highest BCUT2D eigenvalue weighted by Gasteiger charge is 2.23. The minimum Gasteiger partial charge on any atom is -0.311 e. The lowest BCUT2D eigenvalue weighted by molar-refractivity contribution is 0.439. The molecule has 0 saturated heterocycles. The summed E-state index contributed by atoms with van der Waals surface area (Å²) in [6.45, 7) is 3.76. The van der Waals surface area contributed by atoms with E-state index in [1.807, 2.05) is 13.8 Å². The molecule has 0 saturated carbocycles. The molecule has 14 heavy (non-hydrogen) atoms. The van der Waals surface area contributed by atoms with Gasteiger partial charge in [0, 0.05) is 11.1 Å². The summed E-state index contributed by atoms with van der Waals surface area (Å²) in [5.41, 5.74) is 0.152. The van der Waals surface area contributed by atoms with Crippen molar-refractivity contribution >= 4 is 23.2 Å². The highest BCUT2D eigenvalue weighted by atomic mass is 35.5. The van der Waals surface area contributed by atoms with Crippen LogP contribution < -0.4 is 5.32 Å². The Labute approximate surface area is 92.4 Å². The highest BCUT2D eigenvalue weighted by molar-refractivity contribution is 6.33. The smallest absolute Gasteiger partial charge is 0.166 e. The van der Waals surface area contributed by atoms with Gasteiger partial charge in [-0.3, -0.25) is 0 Å². The fourth-order valence-corrected chi connectivity index (χ4v) is 1.58. The molecule has 0 spiro atoms. The Morgan fingerprint density at radius 2 is 1.93 bits per heavy atom. The van der Waals surface area contributed by atoms with Gasteiger partial charge in [0.25, 0.3) is 0 Å². The first-order valence-corrected chi connectivity index (χ1v) is 4.85. The number of halogens is 3. The fraction of sp³-hybridized carbons (Fsp3) is 0.444. The first kappa shape index (κ1) is 11.7. The van der Waals surface area contributed by atoms with Crippen molar-refractivity contribution in [1.82, 2.24) is 10.3 Å². The number of nitrogens with one attached hydrogen (secondary N) is 1. The molecule has 0 bridgehead atoms. The summed E-state index contributed by atoms with van der Waals surface area (Å²) in [4.78, 5) is 3.70. The summed E-state index contributed by atoms with van der Waals surface area (Å²) in [7, 11) is 1.77. The summed E-state index contributed by atoms with van der Waals surface area (Å²) in [6, 6.07) is 1.30. The summed E-state index contributed by atoms with van der Waals surface area (Å²) >= 11 is 11.4. The van der Waals surface area contributed by atoms with Gasteiger partial charge in [-0.15, -0.1) is 0 Å². The van der Waals surface area contributed by atoms with Crippen molar-refractivity contribution in [2.75, 3.05) is 7.05 Å². The third kappa shape index (κ3) is 2.16. The molecule has 1 N–H and O–H groups in total. The number of hydrogen-bond donors (Lipinski definition) is 1. The molecule has 1 heterocycles. The molecule has 0 aromatic carbocycles. The van der Waals surface area contributed by atoms with E-state index < -0.39 is 11.4 Å². The molecule has 5 heteroatoms. The van der Waals surface area contributed by atoms with Crippen LogP contribution in [0.15, 0.2) is 6.07 Å². The van der Waals surface area contributed by atoms with Gasteiger partial charge in [-0.1, -0.05) is 23.2 Å². The Bertz CT molecular complexity index is 353. The molecule has 1 rings (SSSR count). The van der Waals surface area contributed by atoms with Crippen molar-refractivity contribution in [3.05, 3.63) is 27.8 Å². The average molecular weight is 237 g/mol. The third-order valence-electron chi connectivity index (χ3n) is 2.19. The minimum atomic E-state index is -0.561. The van der Waals surface area contributed by atoms with Gasteiger partial charge in [0.1, 0.15) is 5.15 Å². The second-order valence-corrected chi connectivity index (χ2v) is 4.19. The summed E-state index contributed by atoms with van der Waals surface area (Å²) < 4.78 is 13.1. The van der Waals surface area contributed by atoms with Crippen LogP contribution in [0.5, 0.6) is 0 Å². The number of rotatable bonds is 2. The van der Waals surface area contributed by atoms with Gasteiger partial charge in [0.2, 0.25) is 0 Å². The van der Waals surface area contributed by atoms with Crippen molar-refractivity contribution in [2.45, 2.75) is 19.4 Å². The SMILES string of the molecule is CNC(C)(C)c1cc(F)c(Cl)nc1Cl. The van der Waals surface area contributed by atoms with E-state index in [-0.39, 0.29) is 10.3 Å². The molecule has 0 amide bonds. The molecular weight excluding hydrogens is 226 g/mol. The Morgan fingerprint density at radius 3 is 2.43 bits per heavy atom. The zero-order valence-electron chi connectivity index (χ0n) is 8.16. The summed E-state index contributed by atoms with van der Waals surface area (Å²) in [6.07, 6.45) is 0. The van der Waals surface area contributed by atoms with E-state index >= 15 is 0 Å². The third-order valence-corrected chi connectivity index (χ3v) is 2.74. The van der Waals surface area contributed by atoms with Gasteiger partial charge >= 0.3 is 0 Å². The van der Waals surface area contributed by atoms with Crippen molar-refractivity contribution in [2.24, 2.45) is 0 Å². The molecule has 0 atom stereocenters. The largest absolute Gasteiger partial charge is 0.311 e. The number of aromatic nitrogens is 1. The molecule has 0 aliphatic carbocycles. The lowest BCUT2D eigenvalue weighted by Gasteiger charge is -2.25. The van der Waals surface area contributed by atoms with Crippen LogP contribution in [0.3, 0.4) is 0 Å². The van der Waals surface area contributed by atoms with Crippen LogP contribution in [0.4, 0.5) is 4.39 Å². The topological polar surface area (TPSA) is 24.9 Å². The number of hydrogen-bond acceptors (Lipinski definition) is 2. The van der Waals surface area contributed by atoms with Gasteiger partial charge < -0.3 is 5.32 Å². The van der Waals surface area contributed by atoms with Gasteiger partial charge in [-0.05, 0) is 27.0 Å². The molecule has 0 fully saturated rings. The Hall–Kier alpha value is -0.380. The maximum Gasteiger partial charge on any atom is 0.166 e. The molecule has 1 aromatic heterocycles. The first-order valence-electron chi connectivity index (χ1n) is 4.09. The molecule has 0 aliphatic rings. The predicted octanol–water partition coefficient (Wildman–Crippen LogP) is 2.98. The van der Waals surface area contributed by atoms with Crippen molar-refractivity contribution in [3.63, 3.8) is 0 Å². The first-order chi connectivity index (χ1) is 6.38. The summed E-state index contributed by atoms with van der Waals surface area (Å²) in [5, 5.41) is 3.03. The quantitative estimate of drug-likeness (QED) is 0.800. The lowest BCUT2D eigenvalue weighted by atomic mass is 9.96. The minimum absolute atomic E-state index is 0.203. The predicted molar refractivity (Wildman–Crippen MR) is 56.3 cm³/mol. The second kappa shape index (κ2) is 4.01. The van der Waals surface area contributed by atoms with Crippen LogP contribution in [-0.2, 0) is 5.54 Å². The molecule has 2 nitrogen and oxygen atoms in total. The Balaban J connectivity index is 3.29. The van der Waals surface area contributed by atoms with Gasteiger partial charge in [-0.25, -0.2) is 9.37 Å². The van der Waals surface area contributed by atoms with Gasteiger partial charge in [0.15, 0.2) is 11.0 Å². The van der Waals surface area contributed by atoms with Crippen molar-refractivity contribution in [3.8, 4) is 0 Å². The maximum absolute atomic E-state index is 13.1. The fourth-order valence-electron chi connectivity index (χ4n) is 1.02. The van der Waals surface area contributed by atoms with E-state index in [0.717, 1.165) is 0 Å². The normalized spacial score (nSPS) is 11.9. The molecule has 1 aromatic rings. The second-order valence-electron chi connectivity index (χ2n) is 3.47. The molecule has 0 unspecified atom stereocenters. The van der Waals surface area contributed by atoms with Crippen LogP contribution in [0.1, 0.15) is 19.4 Å². The average Bonchev–Trinajstić information content (AvgIpc) is 2.11. The maximum atomic E-state index is 13.1. The van der Waals surface area contributed by atoms with Crippen molar-refractivity contribution < 1.29 is 4.39 Å². The van der Waals surface area contributed by atoms with Crippen LogP contribution in [0.2, 0.25) is 10.3 Å². The van der Waals surface area contributed by atoms with E-state index in [1.165, 1.54) is 6.07 Å². The van der Waals surface area contributed by atoms with Gasteiger partial charge in [-0.2, -0.15) is 0 Å². The Kier molecular flexibility index (Phi) is 3.35. The van der Waals surface area contributed by atoms with E-state index in [1.54, 1.807) is 7.05 Å². The Morgan fingerprint density at radius 1 is 1.36 bits per heavy atom. The van der Waals surface area contributed by atoms with E-state index in [9.17, 15) is 4.39 Å². The van der Waals surface area contributed by atoms with Crippen LogP contribution in [0, 0.1) is 5.82 Å². The number of nitrogens with zero attached hydrogens (tertiary/aromatic N) is 1.